The van der Waals surface area contributed by atoms with Gasteiger partial charge in [-0.2, -0.15) is 0 Å². The average molecular weight is 530 g/mol. The average Bonchev–Trinajstić information content (AvgIpc) is 3.21. The number of hydrogen-bond acceptors (Lipinski definition) is 7. The molecule has 2 heterocycles. The number of nitrogens with zero attached hydrogens (tertiary/aromatic N) is 2. The molecule has 0 aliphatic rings. The number of sulfone groups is 1. The van der Waals surface area contributed by atoms with Crippen molar-refractivity contribution < 1.29 is 18.3 Å². The number of pyridine rings is 1. The van der Waals surface area contributed by atoms with Crippen molar-refractivity contribution in [1.82, 2.24) is 9.97 Å². The quantitative estimate of drug-likeness (QED) is 0.294. The largest absolute Gasteiger partial charge is 0.389 e. The lowest BCUT2D eigenvalue weighted by molar-refractivity contribution is -0.114. The van der Waals surface area contributed by atoms with Gasteiger partial charge in [0, 0.05) is 18.7 Å². The zero-order valence-electron chi connectivity index (χ0n) is 19.2. The first-order valence-corrected chi connectivity index (χ1v) is 13.8. The van der Waals surface area contributed by atoms with Crippen LogP contribution in [0.4, 0.5) is 5.13 Å². The molecule has 1 amide bonds. The van der Waals surface area contributed by atoms with Gasteiger partial charge in [0.1, 0.15) is 5.15 Å². The van der Waals surface area contributed by atoms with E-state index in [0.29, 0.717) is 28.7 Å². The minimum atomic E-state index is -3.46. The molecule has 0 saturated heterocycles. The second-order valence-corrected chi connectivity index (χ2v) is 11.7. The predicted molar refractivity (Wildman–Crippen MR) is 140 cm³/mol. The molecular formula is C25H24ClN3O4S2. The second kappa shape index (κ2) is 10.4. The molecule has 10 heteroatoms. The van der Waals surface area contributed by atoms with Gasteiger partial charge in [-0.05, 0) is 66.8 Å². The maximum Gasteiger partial charge on any atom is 0.223 e. The molecule has 0 spiro atoms. The van der Waals surface area contributed by atoms with E-state index in [1.807, 2.05) is 24.3 Å². The highest BCUT2D eigenvalue weighted by Crippen LogP contribution is 2.31. The normalized spacial score (nSPS) is 12.6. The molecule has 0 aliphatic carbocycles. The lowest BCUT2D eigenvalue weighted by atomic mass is 10.0. The molecule has 2 N–H and O–H groups in total. The number of halogens is 1. The van der Waals surface area contributed by atoms with Crippen LogP contribution in [0, 0.1) is 0 Å². The van der Waals surface area contributed by atoms with Gasteiger partial charge in [-0.3, -0.25) is 4.79 Å². The number of rotatable bonds is 8. The molecule has 2 aromatic heterocycles. The Hall–Kier alpha value is -2.85. The summed E-state index contributed by atoms with van der Waals surface area (Å²) in [6, 6.07) is 14.0. The highest BCUT2D eigenvalue weighted by atomic mass is 35.5. The van der Waals surface area contributed by atoms with E-state index < -0.39 is 15.9 Å². The van der Waals surface area contributed by atoms with Gasteiger partial charge >= 0.3 is 0 Å². The van der Waals surface area contributed by atoms with Crippen LogP contribution in [0.1, 0.15) is 37.5 Å². The maximum absolute atomic E-state index is 12.7. The van der Waals surface area contributed by atoms with E-state index in [-0.39, 0.29) is 16.6 Å². The number of fused-ring (bicyclic) bond motifs is 1. The van der Waals surface area contributed by atoms with Crippen molar-refractivity contribution in [3.63, 3.8) is 0 Å². The van der Waals surface area contributed by atoms with Crippen LogP contribution in [0.5, 0.6) is 0 Å². The Bertz CT molecular complexity index is 1480. The third-order valence-corrected chi connectivity index (χ3v) is 8.59. The zero-order chi connectivity index (χ0) is 25.2. The van der Waals surface area contributed by atoms with E-state index in [2.05, 4.69) is 15.3 Å². The molecule has 1 unspecified atom stereocenters. The van der Waals surface area contributed by atoms with Crippen LogP contribution in [-0.2, 0) is 21.1 Å². The topological polar surface area (TPSA) is 109 Å². The van der Waals surface area contributed by atoms with Gasteiger partial charge in [-0.15, -0.1) is 0 Å². The SMILES string of the molecule is CC(=O)Nc1nc2ccc(-c3cnc(Cl)c(CCCS(=O)(=O)c4ccc(C(C)O)cc4)c3)cc2s1. The van der Waals surface area contributed by atoms with Crippen LogP contribution in [0.3, 0.4) is 0 Å². The standard InChI is InChI=1S/C25H24ClN3O4S2/c1-15(30)17-5-8-21(9-6-17)35(32,33)11-3-4-19-12-20(14-27-24(19)26)18-7-10-22-23(13-18)34-25(29-22)28-16(2)31/h5-10,12-15,30H,3-4,11H2,1-2H3,(H,28,29,31). The van der Waals surface area contributed by atoms with Crippen LogP contribution in [-0.4, -0.2) is 35.2 Å². The van der Waals surface area contributed by atoms with Crippen molar-refractivity contribution in [2.75, 3.05) is 11.1 Å². The number of carbonyl (C=O) groups excluding carboxylic acids is 1. The fourth-order valence-corrected chi connectivity index (χ4v) is 6.12. The summed E-state index contributed by atoms with van der Waals surface area (Å²) in [5.74, 6) is -0.199. The van der Waals surface area contributed by atoms with E-state index in [1.165, 1.54) is 30.4 Å². The molecule has 0 aliphatic heterocycles. The van der Waals surface area contributed by atoms with Crippen LogP contribution >= 0.6 is 22.9 Å². The van der Waals surface area contributed by atoms with Crippen molar-refractivity contribution in [3.8, 4) is 11.1 Å². The smallest absolute Gasteiger partial charge is 0.223 e. The number of anilines is 1. The number of aliphatic hydroxyl groups excluding tert-OH is 1. The summed E-state index contributed by atoms with van der Waals surface area (Å²) in [5.41, 5.74) is 4.01. The first-order valence-electron chi connectivity index (χ1n) is 11.0. The maximum atomic E-state index is 12.7. The molecule has 2 aromatic carbocycles. The summed E-state index contributed by atoms with van der Waals surface area (Å²) in [4.78, 5) is 20.2. The Labute approximate surface area is 212 Å². The Balaban J connectivity index is 1.48. The molecule has 1 atom stereocenters. The van der Waals surface area contributed by atoms with Crippen LogP contribution < -0.4 is 5.32 Å². The summed E-state index contributed by atoms with van der Waals surface area (Å²) in [5, 5.41) is 13.2. The first-order chi connectivity index (χ1) is 16.6. The van der Waals surface area contributed by atoms with Crippen molar-refractivity contribution in [2.45, 2.75) is 37.7 Å². The number of amides is 1. The lowest BCUT2D eigenvalue weighted by Crippen LogP contribution is -2.08. The van der Waals surface area contributed by atoms with E-state index in [4.69, 9.17) is 11.6 Å². The zero-order valence-corrected chi connectivity index (χ0v) is 21.5. The second-order valence-electron chi connectivity index (χ2n) is 8.22. The molecular weight excluding hydrogens is 506 g/mol. The number of aromatic nitrogens is 2. The van der Waals surface area contributed by atoms with Crippen LogP contribution in [0.2, 0.25) is 5.15 Å². The third kappa shape index (κ3) is 6.05. The van der Waals surface area contributed by atoms with Crippen LogP contribution in [0.15, 0.2) is 59.6 Å². The van der Waals surface area contributed by atoms with Gasteiger partial charge in [-0.25, -0.2) is 18.4 Å². The van der Waals surface area contributed by atoms with Gasteiger partial charge in [0.05, 0.1) is 27.0 Å². The molecule has 182 valence electrons. The highest BCUT2D eigenvalue weighted by Gasteiger charge is 2.16. The van der Waals surface area contributed by atoms with Crippen LogP contribution in [0.25, 0.3) is 21.3 Å². The molecule has 7 nitrogen and oxygen atoms in total. The Morgan fingerprint density at radius 1 is 1.14 bits per heavy atom. The van der Waals surface area contributed by atoms with E-state index in [1.54, 1.807) is 25.3 Å². The number of benzene rings is 2. The monoisotopic (exact) mass is 529 g/mol. The summed E-state index contributed by atoms with van der Waals surface area (Å²) in [6.07, 6.45) is 1.88. The molecule has 0 bridgehead atoms. The van der Waals surface area contributed by atoms with E-state index in [9.17, 15) is 18.3 Å². The molecule has 0 saturated carbocycles. The number of aryl methyl sites for hydroxylation is 1. The summed E-state index contributed by atoms with van der Waals surface area (Å²) in [7, 11) is -3.46. The van der Waals surface area contributed by atoms with Crippen molar-refractivity contribution >= 4 is 54.0 Å². The Kier molecular flexibility index (Phi) is 7.51. The Morgan fingerprint density at radius 3 is 2.57 bits per heavy atom. The Morgan fingerprint density at radius 2 is 1.89 bits per heavy atom. The summed E-state index contributed by atoms with van der Waals surface area (Å²) in [6.45, 7) is 3.07. The number of hydrogen-bond donors (Lipinski definition) is 2. The van der Waals surface area contributed by atoms with Gasteiger partial charge in [0.2, 0.25) is 5.91 Å². The summed E-state index contributed by atoms with van der Waals surface area (Å²) < 4.78 is 26.4. The van der Waals surface area contributed by atoms with E-state index >= 15 is 0 Å². The van der Waals surface area contributed by atoms with Gasteiger partial charge in [0.25, 0.3) is 0 Å². The third-order valence-electron chi connectivity index (χ3n) is 5.50. The van der Waals surface area contributed by atoms with E-state index in [0.717, 1.165) is 26.9 Å². The number of nitrogens with one attached hydrogen (secondary N) is 1. The van der Waals surface area contributed by atoms with Crippen molar-refractivity contribution in [1.29, 1.82) is 0 Å². The van der Waals surface area contributed by atoms with Gasteiger partial charge < -0.3 is 10.4 Å². The fourth-order valence-electron chi connectivity index (χ4n) is 3.66. The lowest BCUT2D eigenvalue weighted by Gasteiger charge is -2.09. The molecule has 35 heavy (non-hydrogen) atoms. The fraction of sp³-hybridized carbons (Fsp3) is 0.240. The van der Waals surface area contributed by atoms with Crippen molar-refractivity contribution in [2.24, 2.45) is 0 Å². The molecule has 0 radical (unpaired) electrons. The number of carbonyl (C=O) groups is 1. The van der Waals surface area contributed by atoms with Crippen molar-refractivity contribution in [3.05, 3.63) is 71.0 Å². The van der Waals surface area contributed by atoms with Gasteiger partial charge in [-0.1, -0.05) is 41.1 Å². The highest BCUT2D eigenvalue weighted by molar-refractivity contribution is 7.91. The number of thiazole rings is 1. The minimum absolute atomic E-state index is 0.0274. The number of aliphatic hydroxyl groups is 1. The first kappa shape index (κ1) is 25.2. The van der Waals surface area contributed by atoms with Gasteiger partial charge in [0.15, 0.2) is 15.0 Å². The predicted octanol–water partition coefficient (Wildman–Crippen LogP) is 5.43. The molecule has 4 rings (SSSR count). The minimum Gasteiger partial charge on any atom is -0.389 e. The molecule has 0 fully saturated rings. The summed E-state index contributed by atoms with van der Waals surface area (Å²) >= 11 is 7.70. The molecule has 4 aromatic rings.